The average Bonchev–Trinajstić information content (AvgIpc) is 2.23. The van der Waals surface area contributed by atoms with Crippen LogP contribution >= 0.6 is 0 Å². The summed E-state index contributed by atoms with van der Waals surface area (Å²) in [5, 5.41) is 0. The number of hydrogen-bond donors (Lipinski definition) is 0. The zero-order valence-corrected chi connectivity index (χ0v) is 10.3. The van der Waals surface area contributed by atoms with E-state index in [1.54, 1.807) is 6.08 Å². The molecule has 0 rings (SSSR count). The van der Waals surface area contributed by atoms with Gasteiger partial charge in [-0.05, 0) is 39.5 Å². The van der Waals surface area contributed by atoms with Gasteiger partial charge >= 0.3 is 5.97 Å². The number of methoxy groups -OCH3 is 1. The highest BCUT2D eigenvalue weighted by atomic mass is 16.5. The molecule has 0 spiro atoms. The van der Waals surface area contributed by atoms with E-state index in [1.807, 2.05) is 6.92 Å². The fourth-order valence-corrected chi connectivity index (χ4v) is 1.21. The summed E-state index contributed by atoms with van der Waals surface area (Å²) in [4.78, 5) is 10.9. The Labute approximate surface area is 93.0 Å². The third-order valence-electron chi connectivity index (χ3n) is 2.39. The maximum Gasteiger partial charge on any atom is 0.330 e. The van der Waals surface area contributed by atoms with Crippen molar-refractivity contribution in [3.8, 4) is 0 Å². The molecule has 86 valence electrons. The van der Waals surface area contributed by atoms with E-state index in [2.05, 4.69) is 24.7 Å². The predicted molar refractivity (Wildman–Crippen MR) is 63.7 cm³/mol. The summed E-state index contributed by atoms with van der Waals surface area (Å²) in [5.74, 6) is -0.257. The topological polar surface area (TPSA) is 26.3 Å². The van der Waals surface area contributed by atoms with Crippen LogP contribution in [-0.4, -0.2) is 13.1 Å². The van der Waals surface area contributed by atoms with Crippen molar-refractivity contribution in [2.75, 3.05) is 7.11 Å². The molecule has 0 unspecified atom stereocenters. The van der Waals surface area contributed by atoms with Crippen LogP contribution in [0.3, 0.4) is 0 Å². The number of unbranched alkanes of at least 4 members (excludes halogenated alkanes) is 1. The first-order valence-corrected chi connectivity index (χ1v) is 5.50. The molecule has 0 saturated heterocycles. The molecule has 0 aromatic carbocycles. The maximum atomic E-state index is 10.9. The SMILES string of the molecule is CC/C(C)=C/CCC/C(C)=C/C(=O)OC. The van der Waals surface area contributed by atoms with E-state index in [0.29, 0.717) is 0 Å². The molecule has 0 heterocycles. The lowest BCUT2D eigenvalue weighted by Gasteiger charge is -2.00. The van der Waals surface area contributed by atoms with Crippen molar-refractivity contribution in [3.05, 3.63) is 23.3 Å². The summed E-state index contributed by atoms with van der Waals surface area (Å²) < 4.78 is 4.56. The molecule has 0 aromatic rings. The Morgan fingerprint density at radius 3 is 2.47 bits per heavy atom. The fraction of sp³-hybridized carbons (Fsp3) is 0.615. The van der Waals surface area contributed by atoms with Crippen LogP contribution in [0.5, 0.6) is 0 Å². The minimum Gasteiger partial charge on any atom is -0.466 e. The molecule has 0 aliphatic rings. The Morgan fingerprint density at radius 2 is 1.93 bits per heavy atom. The van der Waals surface area contributed by atoms with Gasteiger partial charge in [-0.15, -0.1) is 0 Å². The molecule has 0 saturated carbocycles. The number of allylic oxidation sites excluding steroid dienone is 3. The lowest BCUT2D eigenvalue weighted by molar-refractivity contribution is -0.134. The molecule has 2 heteroatoms. The number of esters is 1. The number of rotatable bonds is 6. The molecule has 0 bridgehead atoms. The van der Waals surface area contributed by atoms with E-state index < -0.39 is 0 Å². The zero-order chi connectivity index (χ0) is 11.7. The Hall–Kier alpha value is -1.05. The second kappa shape index (κ2) is 8.27. The van der Waals surface area contributed by atoms with Gasteiger partial charge in [0.15, 0.2) is 0 Å². The second-order valence-electron chi connectivity index (χ2n) is 3.81. The summed E-state index contributed by atoms with van der Waals surface area (Å²) in [6.45, 7) is 6.28. The summed E-state index contributed by atoms with van der Waals surface area (Å²) in [7, 11) is 1.40. The first kappa shape index (κ1) is 13.9. The Balaban J connectivity index is 3.77. The van der Waals surface area contributed by atoms with Crippen molar-refractivity contribution in [1.82, 2.24) is 0 Å². The highest BCUT2D eigenvalue weighted by molar-refractivity contribution is 5.82. The monoisotopic (exact) mass is 210 g/mol. The van der Waals surface area contributed by atoms with Crippen LogP contribution < -0.4 is 0 Å². The van der Waals surface area contributed by atoms with E-state index in [9.17, 15) is 4.79 Å². The third-order valence-corrected chi connectivity index (χ3v) is 2.39. The molecule has 15 heavy (non-hydrogen) atoms. The third kappa shape index (κ3) is 7.98. The molecular formula is C13H22O2. The Kier molecular flexibility index (Phi) is 7.69. The summed E-state index contributed by atoms with van der Waals surface area (Å²) >= 11 is 0. The van der Waals surface area contributed by atoms with Gasteiger partial charge in [-0.1, -0.05) is 24.1 Å². The first-order valence-electron chi connectivity index (χ1n) is 5.50. The quantitative estimate of drug-likeness (QED) is 0.289. The normalized spacial score (nSPS) is 12.8. The molecule has 0 atom stereocenters. The largest absolute Gasteiger partial charge is 0.466 e. The lowest BCUT2D eigenvalue weighted by Crippen LogP contribution is -1.95. The van der Waals surface area contributed by atoms with Gasteiger partial charge in [0.25, 0.3) is 0 Å². The Morgan fingerprint density at radius 1 is 1.27 bits per heavy atom. The Bertz CT molecular complexity index is 249. The smallest absolute Gasteiger partial charge is 0.330 e. The number of carbonyl (C=O) groups is 1. The molecule has 0 aliphatic heterocycles. The van der Waals surface area contributed by atoms with Gasteiger partial charge < -0.3 is 4.74 Å². The molecule has 0 aliphatic carbocycles. The van der Waals surface area contributed by atoms with E-state index in [0.717, 1.165) is 31.3 Å². The van der Waals surface area contributed by atoms with Crippen molar-refractivity contribution >= 4 is 5.97 Å². The number of carbonyl (C=O) groups excluding carboxylic acids is 1. The van der Waals surface area contributed by atoms with Crippen molar-refractivity contribution in [2.45, 2.75) is 46.5 Å². The minimum absolute atomic E-state index is 0.257. The minimum atomic E-state index is -0.257. The summed E-state index contributed by atoms with van der Waals surface area (Å²) in [6, 6.07) is 0. The van der Waals surface area contributed by atoms with Crippen LogP contribution in [-0.2, 0) is 9.53 Å². The average molecular weight is 210 g/mol. The van der Waals surface area contributed by atoms with Crippen molar-refractivity contribution in [1.29, 1.82) is 0 Å². The molecule has 0 fully saturated rings. The van der Waals surface area contributed by atoms with Gasteiger partial charge in [0, 0.05) is 6.08 Å². The van der Waals surface area contributed by atoms with Gasteiger partial charge in [-0.3, -0.25) is 0 Å². The van der Waals surface area contributed by atoms with Gasteiger partial charge in [-0.2, -0.15) is 0 Å². The van der Waals surface area contributed by atoms with Gasteiger partial charge in [0.05, 0.1) is 7.11 Å². The van der Waals surface area contributed by atoms with Crippen LogP contribution in [0.25, 0.3) is 0 Å². The van der Waals surface area contributed by atoms with E-state index in [-0.39, 0.29) is 5.97 Å². The van der Waals surface area contributed by atoms with Gasteiger partial charge in [0.2, 0.25) is 0 Å². The molecule has 0 amide bonds. The van der Waals surface area contributed by atoms with Crippen molar-refractivity contribution < 1.29 is 9.53 Å². The van der Waals surface area contributed by atoms with Crippen LogP contribution in [0.2, 0.25) is 0 Å². The maximum absolute atomic E-state index is 10.9. The highest BCUT2D eigenvalue weighted by Gasteiger charge is 1.96. The summed E-state index contributed by atoms with van der Waals surface area (Å²) in [5.41, 5.74) is 2.52. The molecular weight excluding hydrogens is 188 g/mol. The number of ether oxygens (including phenoxy) is 1. The van der Waals surface area contributed by atoms with Gasteiger partial charge in [-0.25, -0.2) is 4.79 Å². The van der Waals surface area contributed by atoms with E-state index in [1.165, 1.54) is 12.7 Å². The van der Waals surface area contributed by atoms with Crippen LogP contribution in [0.4, 0.5) is 0 Å². The van der Waals surface area contributed by atoms with E-state index in [4.69, 9.17) is 0 Å². The zero-order valence-electron chi connectivity index (χ0n) is 10.3. The van der Waals surface area contributed by atoms with Crippen LogP contribution in [0, 0.1) is 0 Å². The molecule has 0 aromatic heterocycles. The lowest BCUT2D eigenvalue weighted by atomic mass is 10.1. The predicted octanol–water partition coefficient (Wildman–Crippen LogP) is 3.63. The second-order valence-corrected chi connectivity index (χ2v) is 3.81. The standard InChI is InChI=1S/C13H22O2/c1-5-11(2)8-6-7-9-12(3)10-13(14)15-4/h8,10H,5-7,9H2,1-4H3/b11-8+,12-10+. The van der Waals surface area contributed by atoms with Gasteiger partial charge in [0.1, 0.15) is 0 Å². The van der Waals surface area contributed by atoms with Crippen LogP contribution in [0.1, 0.15) is 46.5 Å². The fourth-order valence-electron chi connectivity index (χ4n) is 1.21. The van der Waals surface area contributed by atoms with Crippen molar-refractivity contribution in [3.63, 3.8) is 0 Å². The van der Waals surface area contributed by atoms with Crippen molar-refractivity contribution in [2.24, 2.45) is 0 Å². The molecule has 0 N–H and O–H groups in total. The molecule has 0 radical (unpaired) electrons. The molecule has 2 nitrogen and oxygen atoms in total. The highest BCUT2D eigenvalue weighted by Crippen LogP contribution is 2.09. The number of hydrogen-bond acceptors (Lipinski definition) is 2. The summed E-state index contributed by atoms with van der Waals surface area (Å²) in [6.07, 6.45) is 8.10. The first-order chi connectivity index (χ1) is 7.10. The van der Waals surface area contributed by atoms with Crippen LogP contribution in [0.15, 0.2) is 23.3 Å². The van der Waals surface area contributed by atoms with E-state index >= 15 is 0 Å².